The van der Waals surface area contributed by atoms with E-state index in [1.54, 1.807) is 48.5 Å². The van der Waals surface area contributed by atoms with Crippen LogP contribution in [-0.4, -0.2) is 40.3 Å². The Morgan fingerprint density at radius 3 is 2.36 bits per heavy atom. The summed E-state index contributed by atoms with van der Waals surface area (Å²) in [4.78, 5) is 4.25. The molecule has 0 amide bonds. The van der Waals surface area contributed by atoms with Crippen molar-refractivity contribution >= 4 is 39.8 Å². The van der Waals surface area contributed by atoms with Crippen LogP contribution in [0, 0.1) is 0 Å². The van der Waals surface area contributed by atoms with Gasteiger partial charge in [0.15, 0.2) is 15.8 Å². The van der Waals surface area contributed by atoms with Gasteiger partial charge in [-0.25, -0.2) is 8.42 Å². The molecule has 2 rings (SSSR count). The molecule has 0 fully saturated rings. The zero-order chi connectivity index (χ0) is 19.7. The smallest absolute Gasteiger partial charge is 0.387 e. The molecule has 154 valence electrons. The van der Waals surface area contributed by atoms with Gasteiger partial charge in [0.05, 0.1) is 10.6 Å². The predicted molar refractivity (Wildman–Crippen MR) is 115 cm³/mol. The summed E-state index contributed by atoms with van der Waals surface area (Å²) in [7, 11) is -1.87. The Kier molecular flexibility index (Phi) is 10.1. The molecule has 6 nitrogen and oxygen atoms in total. The molecule has 0 aliphatic carbocycles. The maximum Gasteiger partial charge on any atom is 0.387 e. The summed E-state index contributed by atoms with van der Waals surface area (Å²) in [6, 6.07) is 14.6. The van der Waals surface area contributed by atoms with E-state index in [-0.39, 0.29) is 53.5 Å². The molecule has 0 unspecified atom stereocenters. The van der Waals surface area contributed by atoms with Crippen LogP contribution in [0.2, 0.25) is 0 Å². The molecule has 2 N–H and O–H groups in total. The van der Waals surface area contributed by atoms with E-state index in [0.29, 0.717) is 11.5 Å². The van der Waals surface area contributed by atoms with Crippen molar-refractivity contribution in [1.82, 2.24) is 10.6 Å². The summed E-state index contributed by atoms with van der Waals surface area (Å²) < 4.78 is 53.9. The third-order valence-electron chi connectivity index (χ3n) is 3.62. The minimum absolute atomic E-state index is 0. The standard InChI is InChI=1S/C18H21F2N3O3S.HI/c1-21-18(22-11-12-27(24,25)15-8-3-2-4-9-15)23-13-14-7-5-6-10-16(14)26-17(19)20;/h2-10,17H,11-13H2,1H3,(H2,21,22,23);1H. The molecule has 0 saturated carbocycles. The molecule has 0 atom stereocenters. The van der Waals surface area contributed by atoms with Gasteiger partial charge in [0.1, 0.15) is 5.75 Å². The third-order valence-corrected chi connectivity index (χ3v) is 5.36. The summed E-state index contributed by atoms with van der Waals surface area (Å²) in [6.07, 6.45) is 0. The van der Waals surface area contributed by atoms with E-state index in [2.05, 4.69) is 20.4 Å². The fourth-order valence-electron chi connectivity index (χ4n) is 2.31. The number of para-hydroxylation sites is 1. The van der Waals surface area contributed by atoms with Crippen LogP contribution < -0.4 is 15.4 Å². The normalized spacial score (nSPS) is 11.6. The van der Waals surface area contributed by atoms with E-state index in [1.807, 2.05) is 0 Å². The first-order chi connectivity index (χ1) is 12.9. The van der Waals surface area contributed by atoms with E-state index in [1.165, 1.54) is 13.1 Å². The minimum Gasteiger partial charge on any atom is -0.434 e. The number of nitrogens with zero attached hydrogens (tertiary/aromatic N) is 1. The number of hydrogen-bond donors (Lipinski definition) is 2. The Morgan fingerprint density at radius 2 is 1.71 bits per heavy atom. The molecule has 28 heavy (non-hydrogen) atoms. The monoisotopic (exact) mass is 525 g/mol. The maximum absolute atomic E-state index is 12.4. The Balaban J connectivity index is 0.00000392. The number of hydrogen-bond acceptors (Lipinski definition) is 4. The summed E-state index contributed by atoms with van der Waals surface area (Å²) in [5.74, 6) is 0.315. The third kappa shape index (κ3) is 7.58. The number of sulfone groups is 1. The van der Waals surface area contributed by atoms with Gasteiger partial charge in [0.25, 0.3) is 0 Å². The van der Waals surface area contributed by atoms with Gasteiger partial charge in [-0.2, -0.15) is 8.78 Å². The summed E-state index contributed by atoms with van der Waals surface area (Å²) in [5.41, 5.74) is 0.526. The topological polar surface area (TPSA) is 79.8 Å². The van der Waals surface area contributed by atoms with E-state index < -0.39 is 16.4 Å². The molecule has 0 heterocycles. The number of halogens is 3. The summed E-state index contributed by atoms with van der Waals surface area (Å²) >= 11 is 0. The fourth-order valence-corrected chi connectivity index (χ4v) is 3.49. The minimum atomic E-state index is -3.40. The number of rotatable bonds is 8. The summed E-state index contributed by atoms with van der Waals surface area (Å²) in [5, 5.41) is 5.84. The van der Waals surface area contributed by atoms with Crippen molar-refractivity contribution < 1.29 is 21.9 Å². The first-order valence-corrected chi connectivity index (χ1v) is 9.82. The second kappa shape index (κ2) is 11.8. The molecule has 0 aromatic heterocycles. The first-order valence-electron chi connectivity index (χ1n) is 8.17. The lowest BCUT2D eigenvalue weighted by molar-refractivity contribution is -0.0504. The van der Waals surface area contributed by atoms with Crippen molar-refractivity contribution in [3.05, 3.63) is 60.2 Å². The van der Waals surface area contributed by atoms with Crippen molar-refractivity contribution in [2.45, 2.75) is 18.1 Å². The Morgan fingerprint density at radius 1 is 1.07 bits per heavy atom. The number of alkyl halides is 2. The molecule has 10 heteroatoms. The Labute approximate surface area is 180 Å². The molecular formula is C18H22F2IN3O3S. The van der Waals surface area contributed by atoms with Crippen molar-refractivity contribution in [3.63, 3.8) is 0 Å². The summed E-state index contributed by atoms with van der Waals surface area (Å²) in [6.45, 7) is -2.58. The van der Waals surface area contributed by atoms with Crippen LogP contribution in [0.4, 0.5) is 8.78 Å². The van der Waals surface area contributed by atoms with E-state index >= 15 is 0 Å². The lowest BCUT2D eigenvalue weighted by atomic mass is 10.2. The van der Waals surface area contributed by atoms with Crippen LogP contribution in [0.25, 0.3) is 0 Å². The van der Waals surface area contributed by atoms with Crippen molar-refractivity contribution in [2.75, 3.05) is 19.3 Å². The predicted octanol–water partition coefficient (Wildman–Crippen LogP) is 3.04. The lowest BCUT2D eigenvalue weighted by Crippen LogP contribution is -2.39. The van der Waals surface area contributed by atoms with E-state index in [4.69, 9.17) is 0 Å². The number of guanidine groups is 1. The molecule has 0 aliphatic heterocycles. The van der Waals surface area contributed by atoms with Gasteiger partial charge >= 0.3 is 6.61 Å². The van der Waals surface area contributed by atoms with Gasteiger partial charge in [-0.1, -0.05) is 36.4 Å². The Bertz CT molecular complexity index is 865. The largest absolute Gasteiger partial charge is 0.434 e. The van der Waals surface area contributed by atoms with Gasteiger partial charge in [-0.15, -0.1) is 24.0 Å². The van der Waals surface area contributed by atoms with Gasteiger partial charge < -0.3 is 15.4 Å². The van der Waals surface area contributed by atoms with Crippen LogP contribution in [0.3, 0.4) is 0 Å². The van der Waals surface area contributed by atoms with E-state index in [0.717, 1.165) is 0 Å². The van der Waals surface area contributed by atoms with Gasteiger partial charge in [-0.3, -0.25) is 4.99 Å². The average molecular weight is 525 g/mol. The Hall–Kier alpha value is -1.95. The average Bonchev–Trinajstić information content (AvgIpc) is 2.66. The molecule has 2 aromatic carbocycles. The number of aliphatic imine (C=N–C) groups is 1. The SMILES string of the molecule is CN=C(NCCS(=O)(=O)c1ccccc1)NCc1ccccc1OC(F)F.I. The number of nitrogens with one attached hydrogen (secondary N) is 2. The molecule has 0 spiro atoms. The first kappa shape index (κ1) is 24.1. The molecule has 0 saturated heterocycles. The zero-order valence-corrected chi connectivity index (χ0v) is 18.3. The highest BCUT2D eigenvalue weighted by Gasteiger charge is 2.14. The molecule has 0 bridgehead atoms. The van der Waals surface area contributed by atoms with Gasteiger partial charge in [-0.05, 0) is 18.2 Å². The molecule has 0 aliphatic rings. The highest BCUT2D eigenvalue weighted by atomic mass is 127. The lowest BCUT2D eigenvalue weighted by Gasteiger charge is -2.14. The van der Waals surface area contributed by atoms with Crippen LogP contribution in [0.1, 0.15) is 5.56 Å². The quantitative estimate of drug-likeness (QED) is 0.315. The van der Waals surface area contributed by atoms with Crippen molar-refractivity contribution in [3.8, 4) is 5.75 Å². The van der Waals surface area contributed by atoms with Crippen LogP contribution in [0.15, 0.2) is 64.5 Å². The van der Waals surface area contributed by atoms with Crippen LogP contribution >= 0.6 is 24.0 Å². The van der Waals surface area contributed by atoms with Crippen LogP contribution in [-0.2, 0) is 16.4 Å². The molecule has 0 radical (unpaired) electrons. The second-order valence-electron chi connectivity index (χ2n) is 5.47. The van der Waals surface area contributed by atoms with Gasteiger partial charge in [0, 0.05) is 25.7 Å². The van der Waals surface area contributed by atoms with Crippen molar-refractivity contribution in [1.29, 1.82) is 0 Å². The molecular weight excluding hydrogens is 503 g/mol. The number of benzene rings is 2. The maximum atomic E-state index is 12.4. The molecule has 2 aromatic rings. The highest BCUT2D eigenvalue weighted by molar-refractivity contribution is 14.0. The second-order valence-corrected chi connectivity index (χ2v) is 7.58. The van der Waals surface area contributed by atoms with Gasteiger partial charge in [0.2, 0.25) is 0 Å². The fraction of sp³-hybridized carbons (Fsp3) is 0.278. The van der Waals surface area contributed by atoms with Crippen molar-refractivity contribution in [2.24, 2.45) is 4.99 Å². The number of ether oxygens (including phenoxy) is 1. The zero-order valence-electron chi connectivity index (χ0n) is 15.1. The highest BCUT2D eigenvalue weighted by Crippen LogP contribution is 2.19. The van der Waals surface area contributed by atoms with Crippen LogP contribution in [0.5, 0.6) is 5.75 Å². The van der Waals surface area contributed by atoms with E-state index in [9.17, 15) is 17.2 Å².